The predicted molar refractivity (Wildman–Crippen MR) is 78.9 cm³/mol. The van der Waals surface area contributed by atoms with Crippen LogP contribution in [0.3, 0.4) is 0 Å². The molecule has 1 aromatic carbocycles. The number of nitrogens with two attached hydrogens (primary N) is 1. The lowest BCUT2D eigenvalue weighted by Gasteiger charge is -2.26. The Morgan fingerprint density at radius 3 is 2.64 bits per heavy atom. The summed E-state index contributed by atoms with van der Waals surface area (Å²) in [4.78, 5) is 42.4. The summed E-state index contributed by atoms with van der Waals surface area (Å²) >= 11 is 3.44. The van der Waals surface area contributed by atoms with Crippen molar-refractivity contribution in [3.05, 3.63) is 34.3 Å². The predicted octanol–water partition coefficient (Wildman–Crippen LogP) is 0.206. The molecule has 0 aromatic heterocycles. The molecular formula is C14H14BrN3O4. The summed E-state index contributed by atoms with van der Waals surface area (Å²) in [5.41, 5.74) is 6.02. The molecule has 3 amide bonds. The Labute approximate surface area is 135 Å². The maximum Gasteiger partial charge on any atom is 0.261 e. The molecule has 3 rings (SSSR count). The molecule has 3 atom stereocenters. The summed E-state index contributed by atoms with van der Waals surface area (Å²) in [6.07, 6.45) is -0.908. The van der Waals surface area contributed by atoms with Gasteiger partial charge in [0.05, 0.1) is 12.0 Å². The summed E-state index contributed by atoms with van der Waals surface area (Å²) < 4.78 is 0.772. The number of benzene rings is 1. The molecule has 2 heterocycles. The van der Waals surface area contributed by atoms with Gasteiger partial charge >= 0.3 is 0 Å². The van der Waals surface area contributed by atoms with Crippen molar-refractivity contribution in [2.24, 2.45) is 11.7 Å². The van der Waals surface area contributed by atoms with Crippen LogP contribution in [0.25, 0.3) is 0 Å². The van der Waals surface area contributed by atoms with Crippen LogP contribution in [-0.2, 0) is 19.2 Å². The molecule has 2 aliphatic heterocycles. The van der Waals surface area contributed by atoms with Crippen LogP contribution in [0.15, 0.2) is 28.7 Å². The summed E-state index contributed by atoms with van der Waals surface area (Å²) in [6, 6.07) is 6.77. The van der Waals surface area contributed by atoms with E-state index in [1.54, 1.807) is 0 Å². The minimum Gasteiger partial charge on any atom is -0.368 e. The summed E-state index contributed by atoms with van der Waals surface area (Å²) in [5, 5.41) is 1.33. The Kier molecular flexibility index (Phi) is 3.75. The number of likely N-dealkylation sites (tertiary alicyclic amines) is 1. The van der Waals surface area contributed by atoms with Gasteiger partial charge < -0.3 is 5.73 Å². The molecule has 0 spiro atoms. The first-order chi connectivity index (χ1) is 10.4. The van der Waals surface area contributed by atoms with E-state index in [1.165, 1.54) is 12.1 Å². The Morgan fingerprint density at radius 2 is 2.00 bits per heavy atom. The fourth-order valence-corrected chi connectivity index (χ4v) is 3.48. The van der Waals surface area contributed by atoms with Crippen LogP contribution in [0.4, 0.5) is 0 Å². The van der Waals surface area contributed by atoms with Gasteiger partial charge in [-0.2, -0.15) is 5.06 Å². The zero-order valence-corrected chi connectivity index (χ0v) is 13.3. The van der Waals surface area contributed by atoms with E-state index < -0.39 is 29.9 Å². The maximum atomic E-state index is 12.4. The maximum absolute atomic E-state index is 12.4. The Hall–Kier alpha value is -1.77. The average molecular weight is 368 g/mol. The van der Waals surface area contributed by atoms with E-state index in [0.29, 0.717) is 0 Å². The number of fused-ring (bicyclic) bond motifs is 1. The van der Waals surface area contributed by atoms with Crippen molar-refractivity contribution in [1.29, 1.82) is 0 Å². The molecule has 3 unspecified atom stereocenters. The molecule has 2 saturated heterocycles. The van der Waals surface area contributed by atoms with Crippen LogP contribution in [0.2, 0.25) is 0 Å². The van der Waals surface area contributed by atoms with E-state index in [1.807, 2.05) is 24.3 Å². The first kappa shape index (κ1) is 15.1. The summed E-state index contributed by atoms with van der Waals surface area (Å²) in [5.74, 6) is -2.00. The largest absolute Gasteiger partial charge is 0.368 e. The van der Waals surface area contributed by atoms with Gasteiger partial charge in [0, 0.05) is 11.5 Å². The standard InChI is InChI=1S/C14H14BrN3O4/c1-17-13(20)10-11(7-4-2-3-5-8(7)15)18(6-9(16)19)22-12(10)14(17)21/h2-5,10-12H,6H2,1H3,(H2,16,19). The highest BCUT2D eigenvalue weighted by Gasteiger charge is 2.59. The minimum absolute atomic E-state index is 0.191. The number of hydrogen-bond donors (Lipinski definition) is 1. The van der Waals surface area contributed by atoms with Crippen molar-refractivity contribution in [2.45, 2.75) is 12.1 Å². The Bertz CT molecular complexity index is 665. The second-order valence-corrected chi connectivity index (χ2v) is 6.15. The second-order valence-electron chi connectivity index (χ2n) is 5.30. The molecule has 7 nitrogen and oxygen atoms in total. The molecule has 8 heteroatoms. The smallest absolute Gasteiger partial charge is 0.261 e. The highest BCUT2D eigenvalue weighted by Crippen LogP contribution is 2.45. The van der Waals surface area contributed by atoms with Crippen molar-refractivity contribution in [3.63, 3.8) is 0 Å². The number of nitrogens with zero attached hydrogens (tertiary/aromatic N) is 2. The summed E-state index contributed by atoms with van der Waals surface area (Å²) in [6.45, 7) is -0.191. The van der Waals surface area contributed by atoms with Gasteiger partial charge in [0.25, 0.3) is 5.91 Å². The zero-order chi connectivity index (χ0) is 16.0. The van der Waals surface area contributed by atoms with Crippen LogP contribution in [-0.4, -0.2) is 47.4 Å². The molecule has 116 valence electrons. The second kappa shape index (κ2) is 5.45. The highest BCUT2D eigenvalue weighted by atomic mass is 79.9. The number of carbonyl (C=O) groups excluding carboxylic acids is 3. The van der Waals surface area contributed by atoms with E-state index >= 15 is 0 Å². The van der Waals surface area contributed by atoms with Crippen LogP contribution >= 0.6 is 15.9 Å². The van der Waals surface area contributed by atoms with E-state index in [9.17, 15) is 14.4 Å². The minimum atomic E-state index is -0.908. The molecule has 2 fully saturated rings. The molecule has 2 aliphatic rings. The van der Waals surface area contributed by atoms with Crippen molar-refractivity contribution in [1.82, 2.24) is 9.96 Å². The monoisotopic (exact) mass is 367 g/mol. The van der Waals surface area contributed by atoms with E-state index in [2.05, 4.69) is 15.9 Å². The fraction of sp³-hybridized carbons (Fsp3) is 0.357. The average Bonchev–Trinajstić information content (AvgIpc) is 2.92. The molecule has 1 aromatic rings. The Morgan fingerprint density at radius 1 is 1.32 bits per heavy atom. The topological polar surface area (TPSA) is 92.9 Å². The zero-order valence-electron chi connectivity index (χ0n) is 11.7. The van der Waals surface area contributed by atoms with E-state index in [4.69, 9.17) is 10.6 Å². The first-order valence-electron chi connectivity index (χ1n) is 6.69. The SMILES string of the molecule is CN1C(=O)C2ON(CC(N)=O)C(c3ccccc3Br)C2C1=O. The fourth-order valence-electron chi connectivity index (χ4n) is 2.96. The third-order valence-corrected chi connectivity index (χ3v) is 4.67. The lowest BCUT2D eigenvalue weighted by molar-refractivity contribution is -0.181. The lowest BCUT2D eigenvalue weighted by atomic mass is 9.91. The van der Waals surface area contributed by atoms with Gasteiger partial charge in [-0.1, -0.05) is 34.1 Å². The van der Waals surface area contributed by atoms with Crippen LogP contribution < -0.4 is 5.73 Å². The highest BCUT2D eigenvalue weighted by molar-refractivity contribution is 9.10. The molecular weight excluding hydrogens is 354 g/mol. The van der Waals surface area contributed by atoms with Gasteiger partial charge in [0.2, 0.25) is 11.8 Å². The quantitative estimate of drug-likeness (QED) is 0.770. The number of imide groups is 1. The summed E-state index contributed by atoms with van der Waals surface area (Å²) in [7, 11) is 1.43. The first-order valence-corrected chi connectivity index (χ1v) is 7.48. The van der Waals surface area contributed by atoms with Crippen LogP contribution in [0.5, 0.6) is 0 Å². The van der Waals surface area contributed by atoms with Crippen molar-refractivity contribution in [3.8, 4) is 0 Å². The van der Waals surface area contributed by atoms with Crippen molar-refractivity contribution < 1.29 is 19.2 Å². The Balaban J connectivity index is 2.05. The molecule has 0 radical (unpaired) electrons. The molecule has 0 bridgehead atoms. The van der Waals surface area contributed by atoms with E-state index in [0.717, 1.165) is 14.9 Å². The molecule has 0 aliphatic carbocycles. The third kappa shape index (κ3) is 2.23. The number of rotatable bonds is 3. The lowest BCUT2D eigenvalue weighted by Crippen LogP contribution is -2.38. The van der Waals surface area contributed by atoms with Gasteiger partial charge in [-0.3, -0.25) is 24.1 Å². The van der Waals surface area contributed by atoms with Crippen molar-refractivity contribution >= 4 is 33.7 Å². The van der Waals surface area contributed by atoms with Crippen LogP contribution in [0, 0.1) is 5.92 Å². The normalized spacial score (nSPS) is 28.3. The number of carbonyl (C=O) groups is 3. The number of amides is 3. The molecule has 22 heavy (non-hydrogen) atoms. The number of hydroxylamine groups is 2. The number of likely N-dealkylation sites (N-methyl/N-ethyl adjacent to an activating group) is 1. The third-order valence-electron chi connectivity index (χ3n) is 3.95. The number of hydrogen-bond acceptors (Lipinski definition) is 5. The van der Waals surface area contributed by atoms with Gasteiger partial charge in [0.15, 0.2) is 6.10 Å². The molecule has 0 saturated carbocycles. The van der Waals surface area contributed by atoms with Crippen LogP contribution in [0.1, 0.15) is 11.6 Å². The van der Waals surface area contributed by atoms with Gasteiger partial charge in [-0.05, 0) is 11.6 Å². The molecule has 2 N–H and O–H groups in total. The van der Waals surface area contributed by atoms with E-state index in [-0.39, 0.29) is 12.5 Å². The van der Waals surface area contributed by atoms with Gasteiger partial charge in [-0.15, -0.1) is 0 Å². The van der Waals surface area contributed by atoms with Crippen molar-refractivity contribution in [2.75, 3.05) is 13.6 Å². The number of primary amides is 1. The van der Waals surface area contributed by atoms with Gasteiger partial charge in [0.1, 0.15) is 6.54 Å². The van der Waals surface area contributed by atoms with Gasteiger partial charge in [-0.25, -0.2) is 0 Å². The number of halogens is 1.